The molecule has 0 aliphatic heterocycles. The maximum atomic E-state index is 11.0. The molecule has 168 valence electrons. The number of aromatic nitrogens is 2. The minimum atomic E-state index is 0.0632. The van der Waals surface area contributed by atoms with Crippen molar-refractivity contribution in [2.24, 2.45) is 0 Å². The average molecular weight is 414 g/mol. The number of unbranched alkanes of at least 4 members (excludes halogenated alkanes) is 11. The van der Waals surface area contributed by atoms with Crippen molar-refractivity contribution in [1.29, 1.82) is 0 Å². The predicted molar refractivity (Wildman–Crippen MR) is 128 cm³/mol. The Morgan fingerprint density at radius 1 is 0.867 bits per heavy atom. The quantitative estimate of drug-likeness (QED) is 0.290. The van der Waals surface area contributed by atoms with Crippen molar-refractivity contribution < 1.29 is 4.79 Å². The van der Waals surface area contributed by atoms with E-state index in [1.54, 1.807) is 6.92 Å². The van der Waals surface area contributed by atoms with Gasteiger partial charge in [-0.2, -0.15) is 0 Å². The number of rotatable bonds is 17. The Morgan fingerprint density at radius 2 is 1.50 bits per heavy atom. The highest BCUT2D eigenvalue weighted by molar-refractivity contribution is 5.75. The van der Waals surface area contributed by atoms with Crippen molar-refractivity contribution in [2.45, 2.75) is 110 Å². The molecule has 1 heterocycles. The van der Waals surface area contributed by atoms with E-state index >= 15 is 0 Å². The molecule has 0 radical (unpaired) electrons. The molecule has 0 aliphatic carbocycles. The molecular weight excluding hydrogens is 370 g/mol. The van der Waals surface area contributed by atoms with Gasteiger partial charge in [0, 0.05) is 26.4 Å². The van der Waals surface area contributed by atoms with Gasteiger partial charge >= 0.3 is 0 Å². The standard InChI is InChI=1S/C26H43N3O/c1-3-4-5-6-7-8-9-10-11-17-22-29-25-19-15-14-18-24(25)28-26(29)20-13-12-16-21-27-23(2)30/h14-15,18-19H,3-13,16-17,20-22H2,1-2H3,(H,27,30). The van der Waals surface area contributed by atoms with Crippen molar-refractivity contribution in [2.75, 3.05) is 6.54 Å². The van der Waals surface area contributed by atoms with Crippen LogP contribution in [0.25, 0.3) is 11.0 Å². The summed E-state index contributed by atoms with van der Waals surface area (Å²) >= 11 is 0. The lowest BCUT2D eigenvalue weighted by atomic mass is 10.1. The van der Waals surface area contributed by atoms with Gasteiger partial charge in [-0.25, -0.2) is 4.98 Å². The molecule has 4 nitrogen and oxygen atoms in total. The number of imidazole rings is 1. The number of nitrogens with one attached hydrogen (secondary N) is 1. The van der Waals surface area contributed by atoms with Gasteiger partial charge in [-0.15, -0.1) is 0 Å². The van der Waals surface area contributed by atoms with E-state index in [2.05, 4.69) is 41.1 Å². The maximum absolute atomic E-state index is 11.0. The Kier molecular flexibility index (Phi) is 12.2. The Bertz CT molecular complexity index is 722. The van der Waals surface area contributed by atoms with Crippen molar-refractivity contribution in [3.63, 3.8) is 0 Å². The summed E-state index contributed by atoms with van der Waals surface area (Å²) in [7, 11) is 0. The highest BCUT2D eigenvalue weighted by atomic mass is 16.1. The van der Waals surface area contributed by atoms with Gasteiger partial charge in [-0.1, -0.05) is 83.3 Å². The Morgan fingerprint density at radius 3 is 2.20 bits per heavy atom. The Labute approximate surface area is 183 Å². The molecule has 0 aliphatic rings. The fraction of sp³-hybridized carbons (Fsp3) is 0.692. The lowest BCUT2D eigenvalue weighted by molar-refractivity contribution is -0.118. The fourth-order valence-electron chi connectivity index (χ4n) is 4.17. The number of benzene rings is 1. The van der Waals surface area contributed by atoms with Crippen LogP contribution in [0.4, 0.5) is 0 Å². The Hall–Kier alpha value is -1.84. The van der Waals surface area contributed by atoms with Crippen LogP contribution >= 0.6 is 0 Å². The third kappa shape index (κ3) is 9.32. The van der Waals surface area contributed by atoms with Crippen LogP contribution in [-0.2, 0) is 17.8 Å². The molecule has 1 aromatic heterocycles. The molecule has 0 saturated heterocycles. The third-order valence-corrected chi connectivity index (χ3v) is 5.92. The van der Waals surface area contributed by atoms with Crippen molar-refractivity contribution in [3.8, 4) is 0 Å². The molecule has 0 unspecified atom stereocenters. The number of para-hydroxylation sites is 2. The molecule has 0 saturated carbocycles. The molecule has 0 bridgehead atoms. The van der Waals surface area contributed by atoms with E-state index in [4.69, 9.17) is 4.98 Å². The second-order valence-corrected chi connectivity index (χ2v) is 8.64. The molecule has 0 spiro atoms. The van der Waals surface area contributed by atoms with Crippen LogP contribution in [0.15, 0.2) is 24.3 Å². The van der Waals surface area contributed by atoms with Gasteiger partial charge in [0.15, 0.2) is 0 Å². The number of hydrogen-bond acceptors (Lipinski definition) is 2. The van der Waals surface area contributed by atoms with Crippen LogP contribution in [0.5, 0.6) is 0 Å². The van der Waals surface area contributed by atoms with Gasteiger partial charge in [0.1, 0.15) is 5.82 Å². The van der Waals surface area contributed by atoms with Crippen molar-refractivity contribution in [3.05, 3.63) is 30.1 Å². The lowest BCUT2D eigenvalue weighted by Gasteiger charge is -2.10. The Balaban J connectivity index is 1.71. The van der Waals surface area contributed by atoms with E-state index in [-0.39, 0.29) is 5.91 Å². The van der Waals surface area contributed by atoms with Crippen LogP contribution in [0.2, 0.25) is 0 Å². The first kappa shape index (κ1) is 24.4. The van der Waals surface area contributed by atoms with E-state index in [0.29, 0.717) is 0 Å². The number of carbonyl (C=O) groups is 1. The second-order valence-electron chi connectivity index (χ2n) is 8.64. The monoisotopic (exact) mass is 413 g/mol. The molecule has 4 heteroatoms. The predicted octanol–water partition coefficient (Wildman–Crippen LogP) is 6.81. The summed E-state index contributed by atoms with van der Waals surface area (Å²) in [6, 6.07) is 8.54. The number of amides is 1. The SMILES string of the molecule is CCCCCCCCCCCCn1c(CCCCCNC(C)=O)nc2ccccc21. The zero-order valence-electron chi connectivity index (χ0n) is 19.4. The molecule has 0 fully saturated rings. The van der Waals surface area contributed by atoms with Gasteiger partial charge in [-0.3, -0.25) is 4.79 Å². The first-order chi connectivity index (χ1) is 14.7. The highest BCUT2D eigenvalue weighted by Gasteiger charge is 2.10. The summed E-state index contributed by atoms with van der Waals surface area (Å²) in [5.41, 5.74) is 2.40. The average Bonchev–Trinajstić information content (AvgIpc) is 3.09. The summed E-state index contributed by atoms with van der Waals surface area (Å²) in [6.07, 6.45) is 18.0. The zero-order valence-corrected chi connectivity index (χ0v) is 19.4. The maximum Gasteiger partial charge on any atom is 0.216 e. The van der Waals surface area contributed by atoms with Gasteiger partial charge < -0.3 is 9.88 Å². The van der Waals surface area contributed by atoms with Crippen molar-refractivity contribution in [1.82, 2.24) is 14.9 Å². The molecule has 1 aromatic carbocycles. The fourth-order valence-corrected chi connectivity index (χ4v) is 4.17. The third-order valence-electron chi connectivity index (χ3n) is 5.92. The minimum Gasteiger partial charge on any atom is -0.356 e. The zero-order chi connectivity index (χ0) is 21.4. The number of carbonyl (C=O) groups excluding carboxylic acids is 1. The van der Waals surface area contributed by atoms with Crippen LogP contribution in [0, 0.1) is 0 Å². The molecule has 2 aromatic rings. The second kappa shape index (κ2) is 15.0. The van der Waals surface area contributed by atoms with E-state index in [1.807, 2.05) is 0 Å². The van der Waals surface area contributed by atoms with E-state index in [0.717, 1.165) is 44.3 Å². The number of hydrogen-bond donors (Lipinski definition) is 1. The van der Waals surface area contributed by atoms with Gasteiger partial charge in [0.25, 0.3) is 0 Å². The van der Waals surface area contributed by atoms with Gasteiger partial charge in [0.05, 0.1) is 11.0 Å². The minimum absolute atomic E-state index is 0.0632. The molecule has 1 N–H and O–H groups in total. The molecule has 1 amide bonds. The van der Waals surface area contributed by atoms with Crippen molar-refractivity contribution >= 4 is 16.9 Å². The smallest absolute Gasteiger partial charge is 0.216 e. The molecule has 0 atom stereocenters. The number of aryl methyl sites for hydroxylation is 2. The van der Waals surface area contributed by atoms with E-state index in [9.17, 15) is 4.79 Å². The largest absolute Gasteiger partial charge is 0.356 e. The topological polar surface area (TPSA) is 46.9 Å². The molecule has 2 rings (SSSR count). The summed E-state index contributed by atoms with van der Waals surface area (Å²) in [6.45, 7) is 5.72. The van der Waals surface area contributed by atoms with Gasteiger partial charge in [-0.05, 0) is 31.4 Å². The first-order valence-electron chi connectivity index (χ1n) is 12.4. The van der Waals surface area contributed by atoms with E-state index < -0.39 is 0 Å². The highest BCUT2D eigenvalue weighted by Crippen LogP contribution is 2.19. The molecular formula is C26H43N3O. The van der Waals surface area contributed by atoms with E-state index in [1.165, 1.54) is 75.5 Å². The lowest BCUT2D eigenvalue weighted by Crippen LogP contribution is -2.20. The summed E-state index contributed by atoms with van der Waals surface area (Å²) < 4.78 is 2.45. The normalized spacial score (nSPS) is 11.3. The van der Waals surface area contributed by atoms with Crippen LogP contribution in [0.3, 0.4) is 0 Å². The summed E-state index contributed by atoms with van der Waals surface area (Å²) in [5.74, 6) is 1.29. The number of nitrogens with zero attached hydrogens (tertiary/aromatic N) is 2. The van der Waals surface area contributed by atoms with Crippen LogP contribution < -0.4 is 5.32 Å². The first-order valence-corrected chi connectivity index (χ1v) is 12.4. The molecule has 30 heavy (non-hydrogen) atoms. The van der Waals surface area contributed by atoms with Crippen LogP contribution in [0.1, 0.15) is 103 Å². The summed E-state index contributed by atoms with van der Waals surface area (Å²) in [4.78, 5) is 15.9. The van der Waals surface area contributed by atoms with Crippen LogP contribution in [-0.4, -0.2) is 22.0 Å². The summed E-state index contributed by atoms with van der Waals surface area (Å²) in [5, 5.41) is 2.88. The number of fused-ring (bicyclic) bond motifs is 1. The van der Waals surface area contributed by atoms with Gasteiger partial charge in [0.2, 0.25) is 5.91 Å².